The first-order valence-electron chi connectivity index (χ1n) is 5.90. The Bertz CT molecular complexity index is 452. The summed E-state index contributed by atoms with van der Waals surface area (Å²) in [4.78, 5) is 16.6. The summed E-state index contributed by atoms with van der Waals surface area (Å²) >= 11 is 0. The van der Waals surface area contributed by atoms with Gasteiger partial charge in [0.2, 0.25) is 0 Å². The lowest BCUT2D eigenvalue weighted by molar-refractivity contribution is -0.118. The summed E-state index contributed by atoms with van der Waals surface area (Å²) < 4.78 is 5.29. The highest BCUT2D eigenvalue weighted by Gasteiger charge is 2.16. The Hall–Kier alpha value is -1.59. The first-order chi connectivity index (χ1) is 8.44. The Morgan fingerprint density at radius 3 is 2.94 bits per heavy atom. The van der Waals surface area contributed by atoms with Crippen LogP contribution in [-0.2, 0) is 16.2 Å². The third-order valence-electron chi connectivity index (χ3n) is 2.33. The van der Waals surface area contributed by atoms with Crippen LogP contribution in [0.5, 0.6) is 5.75 Å². The van der Waals surface area contributed by atoms with E-state index < -0.39 is 0 Å². The summed E-state index contributed by atoms with van der Waals surface area (Å²) in [5.41, 5.74) is 4.40. The van der Waals surface area contributed by atoms with Crippen LogP contribution >= 0.6 is 0 Å². The molecule has 0 spiro atoms. The average Bonchev–Trinajstić information content (AvgIpc) is 2.26. The number of carbonyl (C=O) groups is 1. The highest BCUT2D eigenvalue weighted by atomic mass is 16.7. The Morgan fingerprint density at radius 1 is 1.44 bits per heavy atom. The van der Waals surface area contributed by atoms with Gasteiger partial charge in [-0.1, -0.05) is 6.07 Å². The van der Waals surface area contributed by atoms with Crippen molar-refractivity contribution in [1.29, 1.82) is 0 Å². The molecule has 0 atom stereocenters. The first-order valence-corrected chi connectivity index (χ1v) is 5.90. The molecule has 0 fully saturated rings. The minimum absolute atomic E-state index is 0.0811. The first kappa shape index (κ1) is 12.9. The van der Waals surface area contributed by atoms with Gasteiger partial charge in [-0.3, -0.25) is 9.63 Å². The number of carbonyl (C=O) groups excluding carboxylic acids is 1. The van der Waals surface area contributed by atoms with Crippen molar-refractivity contribution in [2.75, 3.05) is 11.9 Å². The van der Waals surface area contributed by atoms with Gasteiger partial charge in [-0.2, -0.15) is 5.48 Å². The zero-order chi connectivity index (χ0) is 13.2. The third-order valence-corrected chi connectivity index (χ3v) is 2.33. The summed E-state index contributed by atoms with van der Waals surface area (Å²) in [6.07, 6.45) is 0. The summed E-state index contributed by atoms with van der Waals surface area (Å²) in [7, 11) is 0. The lowest BCUT2D eigenvalue weighted by Gasteiger charge is -2.21. The summed E-state index contributed by atoms with van der Waals surface area (Å²) in [5.74, 6) is 0.577. The van der Waals surface area contributed by atoms with Gasteiger partial charge >= 0.3 is 0 Å². The minimum atomic E-state index is -0.231. The molecule has 1 aliphatic rings. The van der Waals surface area contributed by atoms with Gasteiger partial charge in [0, 0.05) is 6.54 Å². The van der Waals surface area contributed by atoms with Gasteiger partial charge in [-0.25, -0.2) is 0 Å². The molecule has 1 aromatic rings. The Labute approximate surface area is 106 Å². The van der Waals surface area contributed by atoms with Crippen LogP contribution in [0.2, 0.25) is 0 Å². The fraction of sp³-hybridized carbons (Fsp3) is 0.462. The number of anilines is 1. The molecule has 5 heteroatoms. The molecule has 0 aliphatic carbocycles. The van der Waals surface area contributed by atoms with Crippen molar-refractivity contribution in [3.8, 4) is 5.75 Å². The molecule has 0 saturated heterocycles. The van der Waals surface area contributed by atoms with Crippen molar-refractivity contribution in [3.63, 3.8) is 0 Å². The maximum Gasteiger partial charge on any atom is 0.262 e. The number of amides is 1. The summed E-state index contributed by atoms with van der Waals surface area (Å²) in [6.45, 7) is 6.57. The SMILES string of the molecule is CC(C)(C)ONCc1ccc2c(c1)NC(=O)CO2. The molecule has 5 nitrogen and oxygen atoms in total. The van der Waals surface area contributed by atoms with E-state index in [-0.39, 0.29) is 18.1 Å². The van der Waals surface area contributed by atoms with Crippen molar-refractivity contribution < 1.29 is 14.4 Å². The number of nitrogens with one attached hydrogen (secondary N) is 2. The predicted molar refractivity (Wildman–Crippen MR) is 68.2 cm³/mol. The van der Waals surface area contributed by atoms with Crippen LogP contribution in [-0.4, -0.2) is 18.1 Å². The van der Waals surface area contributed by atoms with Crippen LogP contribution in [0.3, 0.4) is 0 Å². The van der Waals surface area contributed by atoms with E-state index in [0.29, 0.717) is 18.0 Å². The van der Waals surface area contributed by atoms with Gasteiger partial charge < -0.3 is 10.1 Å². The zero-order valence-electron chi connectivity index (χ0n) is 10.9. The molecule has 2 rings (SSSR count). The van der Waals surface area contributed by atoms with E-state index in [0.717, 1.165) is 5.56 Å². The van der Waals surface area contributed by atoms with E-state index in [9.17, 15) is 4.79 Å². The second-order valence-electron chi connectivity index (χ2n) is 5.20. The van der Waals surface area contributed by atoms with Crippen molar-refractivity contribution in [1.82, 2.24) is 5.48 Å². The Balaban J connectivity index is 1.98. The standard InChI is InChI=1S/C13H18N2O3/c1-13(2,3)18-14-7-9-4-5-11-10(6-9)15-12(16)8-17-11/h4-6,14H,7-8H2,1-3H3,(H,15,16). The number of ether oxygens (including phenoxy) is 1. The highest BCUT2D eigenvalue weighted by molar-refractivity contribution is 5.95. The van der Waals surface area contributed by atoms with Crippen molar-refractivity contribution >= 4 is 11.6 Å². The fourth-order valence-corrected chi connectivity index (χ4v) is 1.58. The third kappa shape index (κ3) is 3.45. The molecule has 0 unspecified atom stereocenters. The molecule has 0 aromatic heterocycles. The van der Waals surface area contributed by atoms with Crippen LogP contribution in [0, 0.1) is 0 Å². The molecule has 0 bridgehead atoms. The molecular weight excluding hydrogens is 232 g/mol. The molecular formula is C13H18N2O3. The molecule has 18 heavy (non-hydrogen) atoms. The van der Waals surface area contributed by atoms with E-state index >= 15 is 0 Å². The number of hydrogen-bond acceptors (Lipinski definition) is 4. The van der Waals surface area contributed by atoms with Crippen LogP contribution in [0.1, 0.15) is 26.3 Å². The smallest absolute Gasteiger partial charge is 0.262 e. The van der Waals surface area contributed by atoms with Gasteiger partial charge in [-0.15, -0.1) is 0 Å². The van der Waals surface area contributed by atoms with Crippen LogP contribution in [0.4, 0.5) is 5.69 Å². The molecule has 98 valence electrons. The monoisotopic (exact) mass is 250 g/mol. The lowest BCUT2D eigenvalue weighted by atomic mass is 10.1. The van der Waals surface area contributed by atoms with Crippen LogP contribution in [0.25, 0.3) is 0 Å². The second kappa shape index (κ2) is 4.96. The van der Waals surface area contributed by atoms with Gasteiger partial charge in [0.15, 0.2) is 6.61 Å². The molecule has 0 radical (unpaired) electrons. The summed E-state index contributed by atoms with van der Waals surface area (Å²) in [5, 5.41) is 2.77. The maximum atomic E-state index is 11.2. The van der Waals surface area contributed by atoms with E-state index in [1.807, 2.05) is 39.0 Å². The quantitative estimate of drug-likeness (QED) is 0.804. The Kier molecular flexibility index (Phi) is 3.54. The van der Waals surface area contributed by atoms with Gasteiger partial charge in [-0.05, 0) is 38.5 Å². The van der Waals surface area contributed by atoms with Crippen molar-refractivity contribution in [2.24, 2.45) is 0 Å². The van der Waals surface area contributed by atoms with E-state index in [1.54, 1.807) is 0 Å². The molecule has 1 aliphatic heterocycles. The normalized spacial score (nSPS) is 14.7. The average molecular weight is 250 g/mol. The van der Waals surface area contributed by atoms with Crippen LogP contribution in [0.15, 0.2) is 18.2 Å². The molecule has 1 amide bonds. The van der Waals surface area contributed by atoms with Gasteiger partial charge in [0.25, 0.3) is 5.91 Å². The number of hydroxylamine groups is 1. The van der Waals surface area contributed by atoms with E-state index in [1.165, 1.54) is 0 Å². The summed E-state index contributed by atoms with van der Waals surface area (Å²) in [6, 6.07) is 5.67. The zero-order valence-corrected chi connectivity index (χ0v) is 10.9. The molecule has 2 N–H and O–H groups in total. The maximum absolute atomic E-state index is 11.2. The fourth-order valence-electron chi connectivity index (χ4n) is 1.58. The van der Waals surface area contributed by atoms with E-state index in [4.69, 9.17) is 9.57 Å². The number of benzene rings is 1. The van der Waals surface area contributed by atoms with Crippen molar-refractivity contribution in [2.45, 2.75) is 32.9 Å². The number of fused-ring (bicyclic) bond motifs is 1. The molecule has 1 heterocycles. The number of rotatable bonds is 3. The largest absolute Gasteiger partial charge is 0.482 e. The highest BCUT2D eigenvalue weighted by Crippen LogP contribution is 2.28. The number of hydrogen-bond donors (Lipinski definition) is 2. The molecule has 1 aromatic carbocycles. The predicted octanol–water partition coefficient (Wildman–Crippen LogP) is 1.84. The topological polar surface area (TPSA) is 59.6 Å². The minimum Gasteiger partial charge on any atom is -0.482 e. The van der Waals surface area contributed by atoms with E-state index in [2.05, 4.69) is 10.8 Å². The van der Waals surface area contributed by atoms with Gasteiger partial charge in [0.05, 0.1) is 11.3 Å². The lowest BCUT2D eigenvalue weighted by Crippen LogP contribution is -2.29. The molecule has 0 saturated carbocycles. The van der Waals surface area contributed by atoms with Crippen LogP contribution < -0.4 is 15.5 Å². The second-order valence-corrected chi connectivity index (χ2v) is 5.20. The van der Waals surface area contributed by atoms with Crippen molar-refractivity contribution in [3.05, 3.63) is 23.8 Å². The Morgan fingerprint density at radius 2 is 2.22 bits per heavy atom. The van der Waals surface area contributed by atoms with Gasteiger partial charge in [0.1, 0.15) is 5.75 Å².